The molecule has 1 aliphatic rings. The summed E-state index contributed by atoms with van der Waals surface area (Å²) in [5.74, 6) is -0.928. The van der Waals surface area contributed by atoms with Crippen molar-refractivity contribution in [2.75, 3.05) is 7.11 Å². The van der Waals surface area contributed by atoms with E-state index in [1.165, 1.54) is 7.11 Å². The second kappa shape index (κ2) is 5.01. The van der Waals surface area contributed by atoms with Gasteiger partial charge in [-0.3, -0.25) is 0 Å². The zero-order chi connectivity index (χ0) is 15.0. The second-order valence-electron chi connectivity index (χ2n) is 4.71. The van der Waals surface area contributed by atoms with Gasteiger partial charge in [0.2, 0.25) is 0 Å². The molecule has 5 nitrogen and oxygen atoms in total. The van der Waals surface area contributed by atoms with Crippen LogP contribution in [0.1, 0.15) is 32.1 Å². The molecule has 0 unspecified atom stereocenters. The van der Waals surface area contributed by atoms with Crippen LogP contribution in [0.25, 0.3) is 11.1 Å². The predicted octanol–water partition coefficient (Wildman–Crippen LogP) is 2.51. The van der Waals surface area contributed by atoms with Crippen molar-refractivity contribution in [1.29, 1.82) is 0 Å². The van der Waals surface area contributed by atoms with E-state index in [-0.39, 0.29) is 12.3 Å². The van der Waals surface area contributed by atoms with E-state index in [2.05, 4.69) is 4.98 Å². The normalized spacial score (nSPS) is 12.8. The topological polar surface area (TPSA) is 65.5 Å². The molecule has 2 heterocycles. The Labute approximate surface area is 121 Å². The molecule has 21 heavy (non-hydrogen) atoms. The minimum atomic E-state index is -0.471. The summed E-state index contributed by atoms with van der Waals surface area (Å²) in [6, 6.07) is 9.39. The molecule has 3 rings (SSSR count). The molecule has 0 bridgehead atoms. The molecule has 0 amide bonds. The van der Waals surface area contributed by atoms with Gasteiger partial charge in [0.25, 0.3) is 0 Å². The Bertz CT molecular complexity index is 738. The number of aromatic nitrogens is 1. The molecular formula is C16H13NO4. The minimum absolute atomic E-state index is 0.121. The van der Waals surface area contributed by atoms with E-state index in [1.54, 1.807) is 6.92 Å². The second-order valence-corrected chi connectivity index (χ2v) is 4.71. The average molecular weight is 283 g/mol. The smallest absolute Gasteiger partial charge is 0.357 e. The van der Waals surface area contributed by atoms with Crippen LogP contribution in [0.4, 0.5) is 0 Å². The first-order valence-corrected chi connectivity index (χ1v) is 6.47. The number of carbonyl (C=O) groups is 2. The monoisotopic (exact) mass is 283 g/mol. The molecule has 0 saturated heterocycles. The summed E-state index contributed by atoms with van der Waals surface area (Å²) in [5, 5.41) is 0. The average Bonchev–Trinajstić information content (AvgIpc) is 2.87. The molecule has 1 aliphatic heterocycles. The number of carbonyl (C=O) groups excluding carboxylic acids is 2. The Hall–Kier alpha value is -2.69. The summed E-state index contributed by atoms with van der Waals surface area (Å²) >= 11 is 0. The fraction of sp³-hybridized carbons (Fsp3) is 0.188. The maximum atomic E-state index is 12.1. The number of esters is 2. The highest BCUT2D eigenvalue weighted by Gasteiger charge is 2.31. The number of fused-ring (bicyclic) bond motifs is 1. The number of aryl methyl sites for hydroxylation is 1. The van der Waals surface area contributed by atoms with E-state index < -0.39 is 11.9 Å². The third-order valence-corrected chi connectivity index (χ3v) is 3.47. The summed E-state index contributed by atoms with van der Waals surface area (Å²) < 4.78 is 9.92. The van der Waals surface area contributed by atoms with Crippen LogP contribution >= 0.6 is 0 Å². The summed E-state index contributed by atoms with van der Waals surface area (Å²) in [6.45, 7) is 1.81. The molecule has 0 aliphatic carbocycles. The number of nitrogens with zero attached hydrogens (tertiary/aromatic N) is 1. The molecule has 0 fully saturated rings. The van der Waals surface area contributed by atoms with Crippen LogP contribution in [0.5, 0.6) is 0 Å². The molecule has 1 aromatic heterocycles. The number of ether oxygens (including phenoxy) is 2. The summed E-state index contributed by atoms with van der Waals surface area (Å²) in [4.78, 5) is 28.1. The van der Waals surface area contributed by atoms with E-state index in [0.717, 1.165) is 5.56 Å². The van der Waals surface area contributed by atoms with Gasteiger partial charge in [-0.25, -0.2) is 14.6 Å². The number of cyclic esters (lactones) is 1. The van der Waals surface area contributed by atoms with E-state index in [1.807, 2.05) is 30.3 Å². The lowest BCUT2D eigenvalue weighted by molar-refractivity contribution is 0.0530. The van der Waals surface area contributed by atoms with Crippen LogP contribution < -0.4 is 0 Å². The van der Waals surface area contributed by atoms with Crippen LogP contribution in [0, 0.1) is 6.92 Å². The van der Waals surface area contributed by atoms with Gasteiger partial charge in [0, 0.05) is 11.1 Å². The largest absolute Gasteiger partial charge is 0.465 e. The van der Waals surface area contributed by atoms with Crippen LogP contribution in [0.3, 0.4) is 0 Å². The predicted molar refractivity (Wildman–Crippen MR) is 74.9 cm³/mol. The number of hydrogen-bond donors (Lipinski definition) is 0. The Morgan fingerprint density at radius 3 is 2.67 bits per heavy atom. The van der Waals surface area contributed by atoms with Gasteiger partial charge in [-0.2, -0.15) is 0 Å². The van der Waals surface area contributed by atoms with Crippen LogP contribution in [0.2, 0.25) is 0 Å². The van der Waals surface area contributed by atoms with Gasteiger partial charge < -0.3 is 9.47 Å². The zero-order valence-electron chi connectivity index (χ0n) is 11.7. The van der Waals surface area contributed by atoms with Gasteiger partial charge in [0.1, 0.15) is 6.61 Å². The third kappa shape index (κ3) is 2.07. The van der Waals surface area contributed by atoms with Crippen molar-refractivity contribution >= 4 is 11.9 Å². The van der Waals surface area contributed by atoms with Gasteiger partial charge in [-0.15, -0.1) is 0 Å². The Morgan fingerprint density at radius 1 is 1.29 bits per heavy atom. The third-order valence-electron chi connectivity index (χ3n) is 3.47. The van der Waals surface area contributed by atoms with Crippen molar-refractivity contribution in [3.05, 3.63) is 52.8 Å². The molecule has 0 spiro atoms. The highest BCUT2D eigenvalue weighted by atomic mass is 16.5. The van der Waals surface area contributed by atoms with Crippen molar-refractivity contribution in [1.82, 2.24) is 4.98 Å². The quantitative estimate of drug-likeness (QED) is 0.792. The first-order chi connectivity index (χ1) is 10.1. The molecule has 1 aromatic carbocycles. The van der Waals surface area contributed by atoms with Crippen molar-refractivity contribution in [3.8, 4) is 11.1 Å². The van der Waals surface area contributed by atoms with Gasteiger partial charge >= 0.3 is 11.9 Å². The first-order valence-electron chi connectivity index (χ1n) is 6.47. The number of pyridine rings is 1. The summed E-state index contributed by atoms with van der Waals surface area (Å²) in [6.07, 6.45) is 0. The fourth-order valence-electron chi connectivity index (χ4n) is 2.53. The minimum Gasteiger partial charge on any atom is -0.465 e. The highest BCUT2D eigenvalue weighted by molar-refractivity contribution is 6.03. The number of benzene rings is 1. The maximum Gasteiger partial charge on any atom is 0.357 e. The molecular weight excluding hydrogens is 270 g/mol. The van der Waals surface area contributed by atoms with Crippen LogP contribution in [-0.4, -0.2) is 24.0 Å². The maximum absolute atomic E-state index is 12.1. The Morgan fingerprint density at radius 2 is 2.00 bits per heavy atom. The van der Waals surface area contributed by atoms with E-state index in [0.29, 0.717) is 22.4 Å². The molecule has 0 N–H and O–H groups in total. The van der Waals surface area contributed by atoms with E-state index in [4.69, 9.17) is 9.47 Å². The van der Waals surface area contributed by atoms with Crippen molar-refractivity contribution in [2.45, 2.75) is 13.5 Å². The lowest BCUT2D eigenvalue weighted by atomic mass is 9.93. The molecule has 5 heteroatoms. The molecule has 0 radical (unpaired) electrons. The SMILES string of the molecule is COC(=O)c1c(C)nc2c(c1-c1ccccc1)COC2=O. The Kier molecular flexibility index (Phi) is 3.17. The summed E-state index contributed by atoms with van der Waals surface area (Å²) in [7, 11) is 1.32. The summed E-state index contributed by atoms with van der Waals surface area (Å²) in [5.41, 5.74) is 3.24. The van der Waals surface area contributed by atoms with E-state index >= 15 is 0 Å². The number of rotatable bonds is 2. The number of hydrogen-bond acceptors (Lipinski definition) is 5. The molecule has 0 atom stereocenters. The lowest BCUT2D eigenvalue weighted by Gasteiger charge is -2.13. The van der Waals surface area contributed by atoms with Crippen LogP contribution in [0.15, 0.2) is 30.3 Å². The first kappa shape index (κ1) is 13.3. The van der Waals surface area contributed by atoms with Gasteiger partial charge in [0.15, 0.2) is 5.69 Å². The molecule has 2 aromatic rings. The zero-order valence-corrected chi connectivity index (χ0v) is 11.7. The fourth-order valence-corrected chi connectivity index (χ4v) is 2.53. The van der Waals surface area contributed by atoms with Gasteiger partial charge in [0.05, 0.1) is 18.4 Å². The number of methoxy groups -OCH3 is 1. The standard InChI is InChI=1S/C16H13NO4/c1-9-12(15(18)20-2)13(10-6-4-3-5-7-10)11-8-21-16(19)14(11)17-9/h3-7H,8H2,1-2H3. The van der Waals surface area contributed by atoms with Crippen LogP contribution in [-0.2, 0) is 16.1 Å². The van der Waals surface area contributed by atoms with Crippen molar-refractivity contribution < 1.29 is 19.1 Å². The van der Waals surface area contributed by atoms with Crippen molar-refractivity contribution in [3.63, 3.8) is 0 Å². The lowest BCUT2D eigenvalue weighted by Crippen LogP contribution is -2.12. The highest BCUT2D eigenvalue weighted by Crippen LogP contribution is 2.35. The van der Waals surface area contributed by atoms with E-state index in [9.17, 15) is 9.59 Å². The van der Waals surface area contributed by atoms with Gasteiger partial charge in [-0.1, -0.05) is 30.3 Å². The molecule has 0 saturated carbocycles. The van der Waals surface area contributed by atoms with Crippen molar-refractivity contribution in [2.24, 2.45) is 0 Å². The molecule has 106 valence electrons. The Balaban J connectivity index is 2.36. The van der Waals surface area contributed by atoms with Gasteiger partial charge in [-0.05, 0) is 12.5 Å².